The van der Waals surface area contributed by atoms with Gasteiger partial charge in [-0.05, 0) is 74.0 Å². The molecule has 4 aromatic rings. The van der Waals surface area contributed by atoms with Crippen LogP contribution in [-0.2, 0) is 21.2 Å². The summed E-state index contributed by atoms with van der Waals surface area (Å²) in [6.07, 6.45) is 0.389. The average Bonchev–Trinajstić information content (AvgIpc) is 3.34. The van der Waals surface area contributed by atoms with Crippen LogP contribution in [0, 0.1) is 13.8 Å². The van der Waals surface area contributed by atoms with Gasteiger partial charge in [-0.15, -0.1) is 0 Å². The molecule has 0 spiro atoms. The number of carbonyl (C=O) groups excluding carboxylic acids is 1. The highest BCUT2D eigenvalue weighted by molar-refractivity contribution is 7.92. The van der Waals surface area contributed by atoms with E-state index < -0.39 is 10.0 Å². The summed E-state index contributed by atoms with van der Waals surface area (Å²) < 4.78 is 38.5. The molecule has 0 aliphatic heterocycles. The van der Waals surface area contributed by atoms with Gasteiger partial charge in [-0.2, -0.15) is 4.98 Å². The zero-order chi connectivity index (χ0) is 25.7. The number of anilines is 2. The zero-order valence-electron chi connectivity index (χ0n) is 20.1. The third-order valence-electron chi connectivity index (χ3n) is 5.46. The number of aryl methyl sites for hydroxylation is 3. The van der Waals surface area contributed by atoms with Crippen LogP contribution in [0.5, 0.6) is 5.75 Å². The van der Waals surface area contributed by atoms with Crippen molar-refractivity contribution >= 4 is 27.3 Å². The summed E-state index contributed by atoms with van der Waals surface area (Å²) in [5.74, 6) is 1.24. The first-order valence-corrected chi connectivity index (χ1v) is 12.7. The predicted molar refractivity (Wildman–Crippen MR) is 136 cm³/mol. The minimum atomic E-state index is -3.76. The molecule has 1 aromatic heterocycles. The van der Waals surface area contributed by atoms with Crippen LogP contribution in [0.2, 0.25) is 0 Å². The van der Waals surface area contributed by atoms with E-state index in [-0.39, 0.29) is 23.6 Å². The van der Waals surface area contributed by atoms with Gasteiger partial charge in [0.2, 0.25) is 17.6 Å². The van der Waals surface area contributed by atoms with Crippen molar-refractivity contribution in [3.63, 3.8) is 0 Å². The molecule has 0 saturated carbocycles. The number of aromatic nitrogens is 2. The monoisotopic (exact) mass is 506 g/mol. The second-order valence-corrected chi connectivity index (χ2v) is 9.92. The second-order valence-electron chi connectivity index (χ2n) is 8.24. The standard InChI is InChI=1S/C26H26N4O5S/c1-17-4-13-23(18(2)16-17)30-36(32,33)22-11-7-20(8-12-22)27-24(31)14-15-25-28-26(29-35-25)19-5-9-21(34-3)10-6-19/h4-13,16,30H,14-15H2,1-3H3,(H,27,31). The van der Waals surface area contributed by atoms with E-state index in [1.165, 1.54) is 12.1 Å². The second kappa shape index (κ2) is 10.6. The van der Waals surface area contributed by atoms with Crippen LogP contribution in [0.4, 0.5) is 11.4 Å². The number of rotatable bonds is 9. The first kappa shape index (κ1) is 24.9. The highest BCUT2D eigenvalue weighted by Crippen LogP contribution is 2.23. The van der Waals surface area contributed by atoms with Crippen LogP contribution in [-0.4, -0.2) is 31.6 Å². The first-order valence-electron chi connectivity index (χ1n) is 11.2. The van der Waals surface area contributed by atoms with Crippen molar-refractivity contribution in [1.29, 1.82) is 0 Å². The molecule has 0 unspecified atom stereocenters. The van der Waals surface area contributed by atoms with Crippen LogP contribution in [0.25, 0.3) is 11.4 Å². The number of nitrogens with zero attached hydrogens (tertiary/aromatic N) is 2. The van der Waals surface area contributed by atoms with E-state index >= 15 is 0 Å². The Balaban J connectivity index is 1.32. The number of carbonyl (C=O) groups is 1. The maximum atomic E-state index is 12.7. The van der Waals surface area contributed by atoms with Gasteiger partial charge in [0.15, 0.2) is 0 Å². The maximum absolute atomic E-state index is 12.7. The van der Waals surface area contributed by atoms with E-state index in [2.05, 4.69) is 20.2 Å². The smallest absolute Gasteiger partial charge is 0.261 e. The summed E-state index contributed by atoms with van der Waals surface area (Å²) >= 11 is 0. The first-order chi connectivity index (χ1) is 17.2. The fourth-order valence-corrected chi connectivity index (χ4v) is 4.64. The molecule has 0 saturated heterocycles. The Morgan fingerprint density at radius 3 is 2.39 bits per heavy atom. The molecule has 0 fully saturated rings. The van der Waals surface area contributed by atoms with Crippen molar-refractivity contribution in [3.05, 3.63) is 83.7 Å². The maximum Gasteiger partial charge on any atom is 0.261 e. The number of hydrogen-bond acceptors (Lipinski definition) is 7. The van der Waals surface area contributed by atoms with Crippen LogP contribution in [0.15, 0.2) is 76.1 Å². The van der Waals surface area contributed by atoms with E-state index in [1.54, 1.807) is 37.4 Å². The molecule has 9 nitrogen and oxygen atoms in total. The van der Waals surface area contributed by atoms with Gasteiger partial charge in [0, 0.05) is 24.1 Å². The number of ether oxygens (including phenoxy) is 1. The minimum Gasteiger partial charge on any atom is -0.497 e. The largest absolute Gasteiger partial charge is 0.497 e. The van der Waals surface area contributed by atoms with Crippen LogP contribution in [0.3, 0.4) is 0 Å². The van der Waals surface area contributed by atoms with Crippen LogP contribution in [0.1, 0.15) is 23.4 Å². The lowest BCUT2D eigenvalue weighted by Crippen LogP contribution is -2.15. The molecule has 186 valence electrons. The summed E-state index contributed by atoms with van der Waals surface area (Å²) in [4.78, 5) is 16.8. The van der Waals surface area contributed by atoms with E-state index in [1.807, 2.05) is 38.1 Å². The molecule has 0 bridgehead atoms. The Labute approximate surface area is 209 Å². The minimum absolute atomic E-state index is 0.0948. The number of nitrogens with one attached hydrogen (secondary N) is 2. The molecular formula is C26H26N4O5S. The predicted octanol–water partition coefficient (Wildman–Crippen LogP) is 4.73. The van der Waals surface area contributed by atoms with Crippen molar-refractivity contribution in [3.8, 4) is 17.1 Å². The molecular weight excluding hydrogens is 480 g/mol. The van der Waals surface area contributed by atoms with Gasteiger partial charge < -0.3 is 14.6 Å². The molecule has 0 aliphatic rings. The van der Waals surface area contributed by atoms with Gasteiger partial charge in [-0.25, -0.2) is 8.42 Å². The average molecular weight is 507 g/mol. The summed E-state index contributed by atoms with van der Waals surface area (Å²) in [6.45, 7) is 3.79. The number of amides is 1. The Hall–Kier alpha value is -4.18. The third kappa shape index (κ3) is 6.08. The molecule has 0 radical (unpaired) electrons. The van der Waals surface area contributed by atoms with Crippen LogP contribution >= 0.6 is 0 Å². The summed E-state index contributed by atoms with van der Waals surface area (Å²) in [7, 11) is -2.17. The van der Waals surface area contributed by atoms with E-state index in [9.17, 15) is 13.2 Å². The summed E-state index contributed by atoms with van der Waals surface area (Å²) in [5.41, 5.74) is 3.66. The lowest BCUT2D eigenvalue weighted by molar-refractivity contribution is -0.116. The Bertz CT molecular complexity index is 1460. The van der Waals surface area contributed by atoms with Gasteiger partial charge in [-0.3, -0.25) is 9.52 Å². The molecule has 0 aliphatic carbocycles. The fourth-order valence-electron chi connectivity index (χ4n) is 3.51. The van der Waals surface area contributed by atoms with Crippen molar-refractivity contribution in [1.82, 2.24) is 10.1 Å². The molecule has 1 amide bonds. The van der Waals surface area contributed by atoms with Crippen molar-refractivity contribution in [2.45, 2.75) is 31.6 Å². The lowest BCUT2D eigenvalue weighted by Gasteiger charge is -2.12. The van der Waals surface area contributed by atoms with Gasteiger partial charge in [0.25, 0.3) is 10.0 Å². The summed E-state index contributed by atoms with van der Waals surface area (Å²) in [5, 5.41) is 6.70. The fraction of sp³-hybridized carbons (Fsp3) is 0.192. The number of hydrogen-bond donors (Lipinski definition) is 2. The third-order valence-corrected chi connectivity index (χ3v) is 6.84. The van der Waals surface area contributed by atoms with E-state index in [4.69, 9.17) is 9.26 Å². The molecule has 4 rings (SSSR count). The van der Waals surface area contributed by atoms with Crippen LogP contribution < -0.4 is 14.8 Å². The van der Waals surface area contributed by atoms with Gasteiger partial charge in [-0.1, -0.05) is 22.9 Å². The molecule has 3 aromatic carbocycles. The Morgan fingerprint density at radius 1 is 1.00 bits per heavy atom. The van der Waals surface area contributed by atoms with Gasteiger partial charge >= 0.3 is 0 Å². The molecule has 2 N–H and O–H groups in total. The van der Waals surface area contributed by atoms with Gasteiger partial charge in [0.05, 0.1) is 17.7 Å². The van der Waals surface area contributed by atoms with E-state index in [0.717, 1.165) is 22.4 Å². The molecule has 10 heteroatoms. The zero-order valence-corrected chi connectivity index (χ0v) is 20.9. The normalized spacial score (nSPS) is 11.2. The highest BCUT2D eigenvalue weighted by Gasteiger charge is 2.16. The topological polar surface area (TPSA) is 123 Å². The molecule has 36 heavy (non-hydrogen) atoms. The van der Waals surface area contributed by atoms with E-state index in [0.29, 0.717) is 23.1 Å². The number of benzene rings is 3. The Kier molecular flexibility index (Phi) is 7.35. The van der Waals surface area contributed by atoms with Crippen molar-refractivity contribution < 1.29 is 22.5 Å². The SMILES string of the molecule is COc1ccc(-c2noc(CCC(=O)Nc3ccc(S(=O)(=O)Nc4ccc(C)cc4C)cc3)n2)cc1. The number of methoxy groups -OCH3 is 1. The lowest BCUT2D eigenvalue weighted by atomic mass is 10.1. The van der Waals surface area contributed by atoms with Crippen molar-refractivity contribution in [2.24, 2.45) is 0 Å². The molecule has 0 atom stereocenters. The highest BCUT2D eigenvalue weighted by atomic mass is 32.2. The molecule has 1 heterocycles. The summed E-state index contributed by atoms with van der Waals surface area (Å²) in [6, 6.07) is 18.7. The van der Waals surface area contributed by atoms with Gasteiger partial charge in [0.1, 0.15) is 5.75 Å². The Morgan fingerprint density at radius 2 is 1.72 bits per heavy atom. The van der Waals surface area contributed by atoms with Crippen molar-refractivity contribution in [2.75, 3.05) is 17.1 Å². The quantitative estimate of drug-likeness (QED) is 0.336. The number of sulfonamides is 1.